The van der Waals surface area contributed by atoms with Gasteiger partial charge in [0.15, 0.2) is 0 Å². The number of hydrogen-bond donors (Lipinski definition) is 1. The first-order chi connectivity index (χ1) is 10.5. The van der Waals surface area contributed by atoms with Crippen LogP contribution in [0.1, 0.15) is 25.7 Å². The number of benzene rings is 1. The van der Waals surface area contributed by atoms with Crippen molar-refractivity contribution < 1.29 is 12.8 Å². The minimum Gasteiger partial charge on any atom is -0.314 e. The summed E-state index contributed by atoms with van der Waals surface area (Å²) in [5, 5.41) is 3.44. The molecule has 122 valence electrons. The van der Waals surface area contributed by atoms with Crippen molar-refractivity contribution in [3.8, 4) is 0 Å². The summed E-state index contributed by atoms with van der Waals surface area (Å²) in [5.41, 5.74) is 0. The molecule has 1 aliphatic heterocycles. The summed E-state index contributed by atoms with van der Waals surface area (Å²) in [6.07, 6.45) is 4.09. The average molecular weight is 347 g/mol. The molecular weight excluding hydrogens is 327 g/mol. The fourth-order valence-electron chi connectivity index (χ4n) is 2.81. The topological polar surface area (TPSA) is 49.4 Å². The number of hydrogen-bond acceptors (Lipinski definition) is 3. The van der Waals surface area contributed by atoms with Crippen LogP contribution in [0.4, 0.5) is 4.39 Å². The first-order valence-corrected chi connectivity index (χ1v) is 9.48. The molecule has 1 heterocycles. The zero-order valence-electron chi connectivity index (χ0n) is 12.3. The zero-order chi connectivity index (χ0) is 15.7. The molecule has 1 aromatic carbocycles. The van der Waals surface area contributed by atoms with E-state index < -0.39 is 20.7 Å². The molecule has 4 nitrogen and oxygen atoms in total. The Labute approximate surface area is 135 Å². The van der Waals surface area contributed by atoms with E-state index in [2.05, 4.69) is 5.32 Å². The first-order valence-electron chi connectivity index (χ1n) is 7.66. The van der Waals surface area contributed by atoms with Gasteiger partial charge in [-0.1, -0.05) is 17.7 Å². The molecule has 1 N–H and O–H groups in total. The quantitative estimate of drug-likeness (QED) is 0.891. The number of piperidine rings is 1. The average Bonchev–Trinajstić information content (AvgIpc) is 3.29. The third-order valence-corrected chi connectivity index (χ3v) is 6.77. The van der Waals surface area contributed by atoms with Gasteiger partial charge < -0.3 is 5.32 Å². The standard InChI is InChI=1S/C15H20ClFN2O2S/c16-13-2-1-3-14(17)15(13)22(20,21)19-8-6-12(7-9-19)18-10-11-4-5-11/h1-3,11-12,18H,4-10H2. The molecule has 0 bridgehead atoms. The highest BCUT2D eigenvalue weighted by atomic mass is 35.5. The second-order valence-electron chi connectivity index (χ2n) is 6.08. The highest BCUT2D eigenvalue weighted by molar-refractivity contribution is 7.89. The molecule has 1 saturated heterocycles. The van der Waals surface area contributed by atoms with Crippen molar-refractivity contribution in [2.24, 2.45) is 5.92 Å². The molecular formula is C15H20ClFN2O2S. The molecule has 0 aromatic heterocycles. The maximum absolute atomic E-state index is 13.9. The van der Waals surface area contributed by atoms with Crippen LogP contribution in [0.5, 0.6) is 0 Å². The Morgan fingerprint density at radius 2 is 1.91 bits per heavy atom. The number of nitrogens with one attached hydrogen (secondary N) is 1. The summed E-state index contributed by atoms with van der Waals surface area (Å²) in [6.45, 7) is 1.82. The van der Waals surface area contributed by atoms with Crippen LogP contribution in [-0.4, -0.2) is 38.4 Å². The fourth-order valence-corrected chi connectivity index (χ4v) is 4.85. The van der Waals surface area contributed by atoms with Crippen molar-refractivity contribution in [2.75, 3.05) is 19.6 Å². The number of sulfonamides is 1. The van der Waals surface area contributed by atoms with E-state index in [4.69, 9.17) is 11.6 Å². The van der Waals surface area contributed by atoms with E-state index in [9.17, 15) is 12.8 Å². The van der Waals surface area contributed by atoms with Gasteiger partial charge in [-0.05, 0) is 50.3 Å². The molecule has 0 spiro atoms. The van der Waals surface area contributed by atoms with E-state index in [1.54, 1.807) is 0 Å². The van der Waals surface area contributed by atoms with E-state index >= 15 is 0 Å². The summed E-state index contributed by atoms with van der Waals surface area (Å²) in [5.74, 6) is 0.0143. The lowest BCUT2D eigenvalue weighted by atomic mass is 10.1. The normalized spacial score (nSPS) is 21.2. The van der Waals surface area contributed by atoms with Crippen LogP contribution in [0.15, 0.2) is 23.1 Å². The number of nitrogens with zero attached hydrogens (tertiary/aromatic N) is 1. The molecule has 2 aliphatic rings. The SMILES string of the molecule is O=S(=O)(c1c(F)cccc1Cl)N1CCC(NCC2CC2)CC1. The maximum atomic E-state index is 13.9. The van der Waals surface area contributed by atoms with Gasteiger partial charge in [0.2, 0.25) is 10.0 Å². The third kappa shape index (κ3) is 3.45. The Morgan fingerprint density at radius 1 is 1.23 bits per heavy atom. The second-order valence-corrected chi connectivity index (χ2v) is 8.36. The van der Waals surface area contributed by atoms with Crippen LogP contribution >= 0.6 is 11.6 Å². The Kier molecular flexibility index (Phi) is 4.73. The molecule has 7 heteroatoms. The first kappa shape index (κ1) is 16.2. The fraction of sp³-hybridized carbons (Fsp3) is 0.600. The van der Waals surface area contributed by atoms with Gasteiger partial charge in [0, 0.05) is 19.1 Å². The minimum atomic E-state index is -3.87. The second kappa shape index (κ2) is 6.43. The van der Waals surface area contributed by atoms with Crippen LogP contribution in [0.25, 0.3) is 0 Å². The smallest absolute Gasteiger partial charge is 0.247 e. The lowest BCUT2D eigenvalue weighted by Gasteiger charge is -2.32. The van der Waals surface area contributed by atoms with Crippen LogP contribution in [0.2, 0.25) is 5.02 Å². The van der Waals surface area contributed by atoms with E-state index in [0.29, 0.717) is 19.1 Å². The van der Waals surface area contributed by atoms with E-state index in [1.807, 2.05) is 0 Å². The van der Waals surface area contributed by atoms with Gasteiger partial charge in [0.1, 0.15) is 10.7 Å². The summed E-state index contributed by atoms with van der Waals surface area (Å²) < 4.78 is 40.4. The van der Waals surface area contributed by atoms with Gasteiger partial charge in [-0.3, -0.25) is 0 Å². The van der Waals surface area contributed by atoms with Crippen molar-refractivity contribution >= 4 is 21.6 Å². The molecule has 0 radical (unpaired) electrons. The molecule has 1 aromatic rings. The summed E-state index contributed by atoms with van der Waals surface area (Å²) in [4.78, 5) is -0.402. The van der Waals surface area contributed by atoms with Gasteiger partial charge in [0.25, 0.3) is 0 Å². The van der Waals surface area contributed by atoms with Gasteiger partial charge >= 0.3 is 0 Å². The molecule has 0 amide bonds. The van der Waals surface area contributed by atoms with E-state index in [1.165, 1.54) is 29.3 Å². The lowest BCUT2D eigenvalue weighted by Crippen LogP contribution is -2.45. The Hall–Kier alpha value is -0.690. The van der Waals surface area contributed by atoms with Gasteiger partial charge in [-0.2, -0.15) is 4.31 Å². The monoisotopic (exact) mass is 346 g/mol. The summed E-state index contributed by atoms with van der Waals surface area (Å²) in [6, 6.07) is 4.29. The van der Waals surface area contributed by atoms with Crippen LogP contribution in [0.3, 0.4) is 0 Å². The van der Waals surface area contributed by atoms with Crippen LogP contribution < -0.4 is 5.32 Å². The Morgan fingerprint density at radius 3 is 2.50 bits per heavy atom. The molecule has 0 unspecified atom stereocenters. The van der Waals surface area contributed by atoms with Crippen molar-refractivity contribution in [3.63, 3.8) is 0 Å². The molecule has 0 atom stereocenters. The van der Waals surface area contributed by atoms with Gasteiger partial charge in [-0.25, -0.2) is 12.8 Å². The van der Waals surface area contributed by atoms with Gasteiger partial charge in [0.05, 0.1) is 5.02 Å². The van der Waals surface area contributed by atoms with Crippen molar-refractivity contribution in [2.45, 2.75) is 36.6 Å². The Balaban J connectivity index is 1.66. The maximum Gasteiger partial charge on any atom is 0.247 e. The molecule has 3 rings (SSSR count). The molecule has 1 saturated carbocycles. The van der Waals surface area contributed by atoms with E-state index in [-0.39, 0.29) is 5.02 Å². The van der Waals surface area contributed by atoms with Crippen LogP contribution in [-0.2, 0) is 10.0 Å². The summed E-state index contributed by atoms with van der Waals surface area (Å²) in [7, 11) is -3.87. The van der Waals surface area contributed by atoms with Crippen molar-refractivity contribution in [3.05, 3.63) is 29.0 Å². The third-order valence-electron chi connectivity index (χ3n) is 4.36. The Bertz CT molecular complexity index is 621. The molecule has 22 heavy (non-hydrogen) atoms. The van der Waals surface area contributed by atoms with Crippen molar-refractivity contribution in [1.82, 2.24) is 9.62 Å². The largest absolute Gasteiger partial charge is 0.314 e. The zero-order valence-corrected chi connectivity index (χ0v) is 13.8. The van der Waals surface area contributed by atoms with Crippen LogP contribution in [0, 0.1) is 11.7 Å². The lowest BCUT2D eigenvalue weighted by molar-refractivity contribution is 0.287. The van der Waals surface area contributed by atoms with E-state index in [0.717, 1.165) is 31.4 Å². The minimum absolute atomic E-state index is 0.0611. The number of halogens is 2. The summed E-state index contributed by atoms with van der Waals surface area (Å²) >= 11 is 5.90. The molecule has 2 fully saturated rings. The number of rotatable bonds is 5. The van der Waals surface area contributed by atoms with Gasteiger partial charge in [-0.15, -0.1) is 0 Å². The highest BCUT2D eigenvalue weighted by Crippen LogP contribution is 2.30. The molecule has 1 aliphatic carbocycles. The predicted molar refractivity (Wildman–Crippen MR) is 83.9 cm³/mol. The van der Waals surface area contributed by atoms with Crippen molar-refractivity contribution in [1.29, 1.82) is 0 Å². The highest BCUT2D eigenvalue weighted by Gasteiger charge is 2.33. The predicted octanol–water partition coefficient (Wildman–Crippen LogP) is 2.63.